The zero-order chi connectivity index (χ0) is 13.8. The van der Waals surface area contributed by atoms with Gasteiger partial charge in [-0.1, -0.05) is 13.8 Å². The monoisotopic (exact) mass is 261 g/mol. The Hall–Kier alpha value is -1.58. The van der Waals surface area contributed by atoms with E-state index in [2.05, 4.69) is 30.7 Å². The smallest absolute Gasteiger partial charge is 0.230 e. The summed E-state index contributed by atoms with van der Waals surface area (Å²) in [6.07, 6.45) is 3.60. The van der Waals surface area contributed by atoms with Crippen LogP contribution in [0.25, 0.3) is 0 Å². The van der Waals surface area contributed by atoms with Crippen molar-refractivity contribution >= 4 is 17.4 Å². The molecule has 19 heavy (non-hydrogen) atoms. The number of carbonyl (C=O) groups excluding carboxylic acids is 1. The Morgan fingerprint density at radius 3 is 2.68 bits per heavy atom. The van der Waals surface area contributed by atoms with Gasteiger partial charge in [0.1, 0.15) is 0 Å². The molecule has 0 aliphatic carbocycles. The molecule has 0 saturated carbocycles. The van der Waals surface area contributed by atoms with E-state index in [1.165, 1.54) is 0 Å². The maximum atomic E-state index is 12.6. The molecule has 0 bridgehead atoms. The minimum absolute atomic E-state index is 0.126. The van der Waals surface area contributed by atoms with Crippen LogP contribution < -0.4 is 9.80 Å². The number of anilines is 2. The normalized spacial score (nSPS) is 14.7. The number of hydrogen-bond acceptors (Lipinski definition) is 3. The SMILES string of the molecule is CCC(CC)C(=O)N1CCN(CC)c2ncccc21. The van der Waals surface area contributed by atoms with Crippen molar-refractivity contribution in [3.05, 3.63) is 18.3 Å². The average molecular weight is 261 g/mol. The van der Waals surface area contributed by atoms with Crippen LogP contribution in [0, 0.1) is 5.92 Å². The molecule has 0 spiro atoms. The third-order valence-corrected chi connectivity index (χ3v) is 3.93. The molecule has 104 valence electrons. The van der Waals surface area contributed by atoms with Crippen molar-refractivity contribution in [3.8, 4) is 0 Å². The fourth-order valence-electron chi connectivity index (χ4n) is 2.68. The Labute approximate surface area is 115 Å². The molecule has 0 N–H and O–H groups in total. The summed E-state index contributed by atoms with van der Waals surface area (Å²) < 4.78 is 0. The minimum atomic E-state index is 0.126. The Kier molecular flexibility index (Phi) is 4.40. The summed E-state index contributed by atoms with van der Waals surface area (Å²) in [6, 6.07) is 3.91. The summed E-state index contributed by atoms with van der Waals surface area (Å²) >= 11 is 0. The molecule has 1 aromatic heterocycles. The van der Waals surface area contributed by atoms with E-state index >= 15 is 0 Å². The number of hydrogen-bond donors (Lipinski definition) is 0. The molecule has 1 aromatic rings. The van der Waals surface area contributed by atoms with Crippen molar-refractivity contribution < 1.29 is 4.79 Å². The van der Waals surface area contributed by atoms with Crippen LogP contribution in [0.5, 0.6) is 0 Å². The Morgan fingerprint density at radius 1 is 1.32 bits per heavy atom. The third-order valence-electron chi connectivity index (χ3n) is 3.93. The standard InChI is InChI=1S/C15H23N3O/c1-4-12(5-2)15(19)18-11-10-17(6-3)14-13(18)8-7-9-16-14/h7-9,12H,4-6,10-11H2,1-3H3. The van der Waals surface area contributed by atoms with Gasteiger partial charge in [0.25, 0.3) is 0 Å². The van der Waals surface area contributed by atoms with Crippen molar-refractivity contribution in [1.29, 1.82) is 0 Å². The molecule has 1 aliphatic heterocycles. The van der Waals surface area contributed by atoms with Crippen LogP contribution in [0.3, 0.4) is 0 Å². The third kappa shape index (κ3) is 2.57. The first-order valence-corrected chi connectivity index (χ1v) is 7.24. The fraction of sp³-hybridized carbons (Fsp3) is 0.600. The van der Waals surface area contributed by atoms with Crippen LogP contribution in [-0.2, 0) is 4.79 Å². The van der Waals surface area contributed by atoms with Gasteiger partial charge in [0.05, 0.1) is 5.69 Å². The van der Waals surface area contributed by atoms with Crippen molar-refractivity contribution in [1.82, 2.24) is 4.98 Å². The molecular weight excluding hydrogens is 238 g/mol. The van der Waals surface area contributed by atoms with Gasteiger partial charge in [0, 0.05) is 31.7 Å². The lowest BCUT2D eigenvalue weighted by Crippen LogP contribution is -2.46. The highest BCUT2D eigenvalue weighted by Crippen LogP contribution is 2.32. The second-order valence-corrected chi connectivity index (χ2v) is 4.93. The Morgan fingerprint density at radius 2 is 2.05 bits per heavy atom. The van der Waals surface area contributed by atoms with Gasteiger partial charge in [-0.15, -0.1) is 0 Å². The molecule has 0 aromatic carbocycles. The van der Waals surface area contributed by atoms with Crippen LogP contribution in [0.2, 0.25) is 0 Å². The molecule has 1 aliphatic rings. The minimum Gasteiger partial charge on any atom is -0.353 e. The van der Waals surface area contributed by atoms with E-state index in [1.54, 1.807) is 6.20 Å². The topological polar surface area (TPSA) is 36.4 Å². The predicted octanol–water partition coefficient (Wildman–Crippen LogP) is 2.69. The number of aromatic nitrogens is 1. The molecule has 1 amide bonds. The lowest BCUT2D eigenvalue weighted by atomic mass is 10.0. The highest BCUT2D eigenvalue weighted by molar-refractivity contribution is 5.98. The second-order valence-electron chi connectivity index (χ2n) is 4.93. The quantitative estimate of drug-likeness (QED) is 0.836. The molecule has 2 heterocycles. The maximum absolute atomic E-state index is 12.6. The van der Waals surface area contributed by atoms with E-state index in [1.807, 2.05) is 17.0 Å². The van der Waals surface area contributed by atoms with Crippen LogP contribution in [-0.4, -0.2) is 30.5 Å². The van der Waals surface area contributed by atoms with Gasteiger partial charge < -0.3 is 9.80 Å². The molecular formula is C15H23N3O. The number of nitrogens with zero attached hydrogens (tertiary/aromatic N) is 3. The molecule has 4 heteroatoms. The predicted molar refractivity (Wildman–Crippen MR) is 78.5 cm³/mol. The summed E-state index contributed by atoms with van der Waals surface area (Å²) in [5, 5.41) is 0. The number of rotatable bonds is 4. The summed E-state index contributed by atoms with van der Waals surface area (Å²) in [5.41, 5.74) is 0.965. The lowest BCUT2D eigenvalue weighted by Gasteiger charge is -2.37. The number of likely N-dealkylation sites (N-methyl/N-ethyl adjacent to an activating group) is 1. The van der Waals surface area contributed by atoms with Crippen LogP contribution >= 0.6 is 0 Å². The summed E-state index contributed by atoms with van der Waals surface area (Å²) in [5.74, 6) is 1.31. The molecule has 0 unspecified atom stereocenters. The summed E-state index contributed by atoms with van der Waals surface area (Å²) in [6.45, 7) is 8.85. The van der Waals surface area contributed by atoms with Crippen molar-refractivity contribution in [2.75, 3.05) is 29.4 Å². The van der Waals surface area contributed by atoms with E-state index in [0.29, 0.717) is 0 Å². The number of fused-ring (bicyclic) bond motifs is 1. The van der Waals surface area contributed by atoms with E-state index in [4.69, 9.17) is 0 Å². The Bertz CT molecular complexity index is 443. The van der Waals surface area contributed by atoms with Gasteiger partial charge in [-0.2, -0.15) is 0 Å². The number of pyridine rings is 1. The molecule has 4 nitrogen and oxygen atoms in total. The van der Waals surface area contributed by atoms with E-state index in [9.17, 15) is 4.79 Å². The Balaban J connectivity index is 2.31. The van der Waals surface area contributed by atoms with E-state index in [-0.39, 0.29) is 11.8 Å². The van der Waals surface area contributed by atoms with Crippen molar-refractivity contribution in [3.63, 3.8) is 0 Å². The summed E-state index contributed by atoms with van der Waals surface area (Å²) in [4.78, 5) is 21.2. The van der Waals surface area contributed by atoms with Crippen LogP contribution in [0.4, 0.5) is 11.5 Å². The van der Waals surface area contributed by atoms with Crippen LogP contribution in [0.1, 0.15) is 33.6 Å². The van der Waals surface area contributed by atoms with Gasteiger partial charge in [-0.25, -0.2) is 4.98 Å². The summed E-state index contributed by atoms with van der Waals surface area (Å²) in [7, 11) is 0. The van der Waals surface area contributed by atoms with Crippen molar-refractivity contribution in [2.24, 2.45) is 5.92 Å². The van der Waals surface area contributed by atoms with Crippen molar-refractivity contribution in [2.45, 2.75) is 33.6 Å². The van der Waals surface area contributed by atoms with Gasteiger partial charge in [-0.05, 0) is 31.9 Å². The van der Waals surface area contributed by atoms with Gasteiger partial charge in [-0.3, -0.25) is 4.79 Å². The van der Waals surface area contributed by atoms with Gasteiger partial charge >= 0.3 is 0 Å². The zero-order valence-electron chi connectivity index (χ0n) is 12.1. The first kappa shape index (κ1) is 13.8. The van der Waals surface area contributed by atoms with Gasteiger partial charge in [0.15, 0.2) is 5.82 Å². The largest absolute Gasteiger partial charge is 0.353 e. The highest BCUT2D eigenvalue weighted by Gasteiger charge is 2.29. The second kappa shape index (κ2) is 6.04. The zero-order valence-corrected chi connectivity index (χ0v) is 12.1. The average Bonchev–Trinajstić information content (AvgIpc) is 2.47. The molecule has 2 rings (SSSR count). The molecule has 0 radical (unpaired) electrons. The lowest BCUT2D eigenvalue weighted by molar-refractivity contribution is -0.122. The van der Waals surface area contributed by atoms with Gasteiger partial charge in [0.2, 0.25) is 5.91 Å². The van der Waals surface area contributed by atoms with Crippen LogP contribution in [0.15, 0.2) is 18.3 Å². The molecule has 0 fully saturated rings. The highest BCUT2D eigenvalue weighted by atomic mass is 16.2. The fourth-order valence-corrected chi connectivity index (χ4v) is 2.68. The first-order valence-electron chi connectivity index (χ1n) is 7.24. The van der Waals surface area contributed by atoms with E-state index < -0.39 is 0 Å². The van der Waals surface area contributed by atoms with E-state index in [0.717, 1.165) is 44.0 Å². The first-order chi connectivity index (χ1) is 9.22. The molecule has 0 saturated heterocycles. The number of amides is 1. The molecule has 0 atom stereocenters. The maximum Gasteiger partial charge on any atom is 0.230 e. The number of carbonyl (C=O) groups is 1.